The van der Waals surface area contributed by atoms with Crippen LogP contribution in [0, 0.1) is 0 Å². The number of carbonyl (C=O) groups excluding carboxylic acids is 2. The van der Waals surface area contributed by atoms with Gasteiger partial charge in [-0.3, -0.25) is 9.14 Å². The molecule has 3 amide bonds. The summed E-state index contributed by atoms with van der Waals surface area (Å²) >= 11 is 2.34. The predicted octanol–water partition coefficient (Wildman–Crippen LogP) is 2.71. The summed E-state index contributed by atoms with van der Waals surface area (Å²) in [5.41, 5.74) is 0. The van der Waals surface area contributed by atoms with Gasteiger partial charge in [0.05, 0.1) is 12.1 Å². The van der Waals surface area contributed by atoms with E-state index in [-0.39, 0.29) is 6.03 Å². The molecule has 0 aromatic heterocycles. The highest BCUT2D eigenvalue weighted by atomic mass is 32.2. The van der Waals surface area contributed by atoms with Gasteiger partial charge in [0, 0.05) is 27.2 Å². The largest absolute Gasteiger partial charge is 0.447 e. The zero-order valence-corrected chi connectivity index (χ0v) is 14.4. The molecule has 0 aliphatic carbocycles. The topological polar surface area (TPSA) is 65.5 Å². The first-order chi connectivity index (χ1) is 9.37. The van der Waals surface area contributed by atoms with Crippen molar-refractivity contribution in [3.05, 3.63) is 0 Å². The zero-order chi connectivity index (χ0) is 15.7. The number of thioether (sulfide) groups is 1. The summed E-state index contributed by atoms with van der Waals surface area (Å²) in [5.74, 6) is 0. The molecule has 0 atom stereocenters. The molecule has 9 heteroatoms. The molecule has 0 aromatic rings. The Morgan fingerprint density at radius 1 is 1.15 bits per heavy atom. The molecule has 0 fully saturated rings. The van der Waals surface area contributed by atoms with Crippen LogP contribution in [0.5, 0.6) is 0 Å². The summed E-state index contributed by atoms with van der Waals surface area (Å²) in [6.45, 7) is 6.77. The van der Waals surface area contributed by atoms with Gasteiger partial charge in [-0.15, -0.1) is 11.8 Å². The van der Waals surface area contributed by atoms with E-state index < -0.39 is 6.09 Å². The predicted molar refractivity (Wildman–Crippen MR) is 84.5 cm³/mol. The molecule has 0 rings (SSSR count). The van der Waals surface area contributed by atoms with Gasteiger partial charge in [0.1, 0.15) is 5.04 Å². The number of urea groups is 1. The quantitative estimate of drug-likeness (QED) is 0.256. The first-order valence-corrected chi connectivity index (χ1v) is 8.06. The minimum absolute atomic E-state index is 0.163. The van der Waals surface area contributed by atoms with Crippen LogP contribution in [0.2, 0.25) is 0 Å². The van der Waals surface area contributed by atoms with Crippen LogP contribution in [0.25, 0.3) is 0 Å². The van der Waals surface area contributed by atoms with Gasteiger partial charge in [0.2, 0.25) is 0 Å². The van der Waals surface area contributed by atoms with E-state index in [0.717, 1.165) is 12.1 Å². The molecule has 0 aromatic carbocycles. The molecular formula is C11H22N4O3S2. The van der Waals surface area contributed by atoms with Crippen molar-refractivity contribution in [3.8, 4) is 0 Å². The normalized spacial score (nSPS) is 11.0. The van der Waals surface area contributed by atoms with Crippen molar-refractivity contribution in [2.24, 2.45) is 5.16 Å². The highest BCUT2D eigenvalue weighted by Gasteiger charge is 2.20. The fourth-order valence-electron chi connectivity index (χ4n) is 1.14. The molecule has 20 heavy (non-hydrogen) atoms. The Kier molecular flexibility index (Phi) is 9.23. The Balaban J connectivity index is 4.41. The van der Waals surface area contributed by atoms with Crippen LogP contribution in [0.3, 0.4) is 0 Å². The molecule has 0 saturated heterocycles. The number of rotatable bonds is 5. The first kappa shape index (κ1) is 18.9. The van der Waals surface area contributed by atoms with Crippen molar-refractivity contribution in [1.82, 2.24) is 13.5 Å². The van der Waals surface area contributed by atoms with E-state index in [2.05, 4.69) is 5.16 Å². The van der Waals surface area contributed by atoms with Gasteiger partial charge in [-0.25, -0.2) is 13.9 Å². The minimum atomic E-state index is -0.636. The molecule has 0 aliphatic heterocycles. The Hall–Kier alpha value is -1.09. The van der Waals surface area contributed by atoms with Crippen LogP contribution in [-0.2, 0) is 4.84 Å². The standard InChI is InChI=1S/C11H22N4O3S2/c1-7-15(8-2)10(16)13(4)20-14(5)11(17)18-12-9(3)19-6/h7-8H2,1-6H3/b12-9-. The van der Waals surface area contributed by atoms with Crippen LogP contribution in [0.15, 0.2) is 5.16 Å². The molecule has 0 unspecified atom stereocenters. The van der Waals surface area contributed by atoms with E-state index in [1.54, 1.807) is 18.9 Å². The van der Waals surface area contributed by atoms with Gasteiger partial charge in [-0.2, -0.15) is 0 Å². The number of oxime groups is 1. The molecule has 0 saturated carbocycles. The molecule has 0 bridgehead atoms. The monoisotopic (exact) mass is 322 g/mol. The first-order valence-electron chi connectivity index (χ1n) is 6.11. The lowest BCUT2D eigenvalue weighted by molar-refractivity contribution is 0.136. The number of amides is 3. The second-order valence-corrected chi connectivity index (χ2v) is 5.96. The number of carbonyl (C=O) groups is 2. The summed E-state index contributed by atoms with van der Waals surface area (Å²) < 4.78 is 2.58. The van der Waals surface area contributed by atoms with Crippen molar-refractivity contribution >= 4 is 41.1 Å². The molecule has 7 nitrogen and oxygen atoms in total. The minimum Gasteiger partial charge on any atom is -0.324 e. The lowest BCUT2D eigenvalue weighted by atomic mass is 10.5. The van der Waals surface area contributed by atoms with Gasteiger partial charge < -0.3 is 4.90 Å². The van der Waals surface area contributed by atoms with Gasteiger partial charge in [-0.05, 0) is 27.0 Å². The average Bonchev–Trinajstić information content (AvgIpc) is 2.44. The molecule has 0 aliphatic rings. The summed E-state index contributed by atoms with van der Waals surface area (Å²) in [5, 5.41) is 4.29. The van der Waals surface area contributed by atoms with Crippen molar-refractivity contribution in [3.63, 3.8) is 0 Å². The second kappa shape index (κ2) is 9.76. The number of hydrogen-bond donors (Lipinski definition) is 0. The summed E-state index contributed by atoms with van der Waals surface area (Å²) in [7, 11) is 3.12. The van der Waals surface area contributed by atoms with Crippen molar-refractivity contribution in [2.45, 2.75) is 20.8 Å². The maximum Gasteiger partial charge on any atom is 0.447 e. The highest BCUT2D eigenvalue weighted by molar-refractivity contribution is 8.13. The lowest BCUT2D eigenvalue weighted by Crippen LogP contribution is -2.39. The van der Waals surface area contributed by atoms with Crippen LogP contribution < -0.4 is 0 Å². The van der Waals surface area contributed by atoms with E-state index >= 15 is 0 Å². The number of hydrogen-bond acceptors (Lipinski definition) is 6. The fourth-order valence-corrected chi connectivity index (χ4v) is 1.91. The second-order valence-electron chi connectivity index (χ2n) is 3.70. The van der Waals surface area contributed by atoms with E-state index in [1.807, 2.05) is 20.1 Å². The molecule has 0 radical (unpaired) electrons. The number of nitrogens with zero attached hydrogens (tertiary/aromatic N) is 4. The third kappa shape index (κ3) is 6.38. The van der Waals surface area contributed by atoms with E-state index in [4.69, 9.17) is 4.84 Å². The fraction of sp³-hybridized carbons (Fsp3) is 0.727. The SMILES string of the molecule is CCN(CC)C(=O)N(C)SN(C)C(=O)O/N=C(/C)SC. The highest BCUT2D eigenvalue weighted by Crippen LogP contribution is 2.15. The molecule has 0 heterocycles. The van der Waals surface area contributed by atoms with Crippen LogP contribution in [0.4, 0.5) is 9.59 Å². The van der Waals surface area contributed by atoms with Crippen molar-refractivity contribution < 1.29 is 14.4 Å². The molecule has 116 valence electrons. The maximum absolute atomic E-state index is 12.0. The Bertz CT molecular complexity index is 362. The summed E-state index contributed by atoms with van der Waals surface area (Å²) in [6.07, 6.45) is 1.20. The summed E-state index contributed by atoms with van der Waals surface area (Å²) in [6, 6.07) is -0.163. The third-order valence-corrected chi connectivity index (χ3v) is 3.81. The van der Waals surface area contributed by atoms with Gasteiger partial charge in [0.25, 0.3) is 0 Å². The Morgan fingerprint density at radius 2 is 1.70 bits per heavy atom. The third-order valence-electron chi connectivity index (χ3n) is 2.35. The van der Waals surface area contributed by atoms with Crippen LogP contribution in [-0.4, -0.2) is 64.1 Å². The molecule has 0 N–H and O–H groups in total. The zero-order valence-electron chi connectivity index (χ0n) is 12.7. The van der Waals surface area contributed by atoms with Gasteiger partial charge >= 0.3 is 12.1 Å². The van der Waals surface area contributed by atoms with Crippen molar-refractivity contribution in [2.75, 3.05) is 33.4 Å². The molecule has 0 spiro atoms. The Labute approximate surface area is 128 Å². The van der Waals surface area contributed by atoms with Gasteiger partial charge in [0.15, 0.2) is 0 Å². The van der Waals surface area contributed by atoms with Crippen molar-refractivity contribution in [1.29, 1.82) is 0 Å². The Morgan fingerprint density at radius 3 is 2.15 bits per heavy atom. The summed E-state index contributed by atoms with van der Waals surface area (Å²) in [4.78, 5) is 30.0. The van der Waals surface area contributed by atoms with Gasteiger partial charge in [-0.1, -0.05) is 5.16 Å². The van der Waals surface area contributed by atoms with E-state index in [9.17, 15) is 9.59 Å². The van der Waals surface area contributed by atoms with E-state index in [0.29, 0.717) is 18.1 Å². The molecular weight excluding hydrogens is 300 g/mol. The lowest BCUT2D eigenvalue weighted by Gasteiger charge is -2.27. The smallest absolute Gasteiger partial charge is 0.324 e. The van der Waals surface area contributed by atoms with E-state index in [1.165, 1.54) is 27.4 Å². The average molecular weight is 322 g/mol. The van der Waals surface area contributed by atoms with Crippen LogP contribution in [0.1, 0.15) is 20.8 Å². The van der Waals surface area contributed by atoms with Crippen LogP contribution >= 0.6 is 23.9 Å². The maximum atomic E-state index is 12.0.